The van der Waals surface area contributed by atoms with Crippen LogP contribution in [0.1, 0.15) is 40.0 Å². The van der Waals surface area contributed by atoms with E-state index in [2.05, 4.69) is 31.0 Å². The van der Waals surface area contributed by atoms with Crippen molar-refractivity contribution in [2.24, 2.45) is 5.92 Å². The maximum Gasteiger partial charge on any atom is 0.0197 e. The summed E-state index contributed by atoms with van der Waals surface area (Å²) in [6.45, 7) is 11.8. The van der Waals surface area contributed by atoms with Crippen molar-refractivity contribution in [3.63, 3.8) is 0 Å². The van der Waals surface area contributed by atoms with Crippen LogP contribution in [-0.2, 0) is 0 Å². The topological polar surface area (TPSA) is 15.3 Å². The predicted octanol–water partition coefficient (Wildman–Crippen LogP) is 2.11. The van der Waals surface area contributed by atoms with Gasteiger partial charge in [0, 0.05) is 19.1 Å². The second-order valence-electron chi connectivity index (χ2n) is 4.71. The molecule has 2 unspecified atom stereocenters. The first-order valence-electron chi connectivity index (χ1n) is 6.22. The minimum absolute atomic E-state index is 0.737. The van der Waals surface area contributed by atoms with Crippen LogP contribution < -0.4 is 5.32 Å². The lowest BCUT2D eigenvalue weighted by molar-refractivity contribution is 0.148. The molecule has 84 valence electrons. The van der Waals surface area contributed by atoms with Crippen LogP contribution in [0.25, 0.3) is 0 Å². The van der Waals surface area contributed by atoms with E-state index < -0.39 is 0 Å². The van der Waals surface area contributed by atoms with E-state index >= 15 is 0 Å². The van der Waals surface area contributed by atoms with Crippen LogP contribution in [0.2, 0.25) is 0 Å². The average Bonchev–Trinajstić information content (AvgIpc) is 2.14. The summed E-state index contributed by atoms with van der Waals surface area (Å²) >= 11 is 0. The molecule has 0 spiro atoms. The van der Waals surface area contributed by atoms with Gasteiger partial charge >= 0.3 is 0 Å². The number of unbranched alkanes of at least 4 members (excludes halogenated alkanes) is 1. The number of rotatable bonds is 5. The minimum atomic E-state index is 0.737. The van der Waals surface area contributed by atoms with Gasteiger partial charge < -0.3 is 10.2 Å². The van der Waals surface area contributed by atoms with Gasteiger partial charge in [-0.1, -0.05) is 27.2 Å². The third-order valence-corrected chi connectivity index (χ3v) is 3.06. The van der Waals surface area contributed by atoms with Gasteiger partial charge in [0.1, 0.15) is 0 Å². The molecule has 2 nitrogen and oxygen atoms in total. The van der Waals surface area contributed by atoms with Crippen molar-refractivity contribution in [3.8, 4) is 0 Å². The molecule has 0 aromatic heterocycles. The van der Waals surface area contributed by atoms with Crippen LogP contribution in [0, 0.1) is 5.92 Å². The van der Waals surface area contributed by atoms with Gasteiger partial charge in [-0.15, -0.1) is 0 Å². The maximum absolute atomic E-state index is 3.58. The molecule has 2 heteroatoms. The van der Waals surface area contributed by atoms with Gasteiger partial charge in [0.05, 0.1) is 0 Å². The molecule has 0 bridgehead atoms. The number of nitrogens with one attached hydrogen (secondary N) is 1. The van der Waals surface area contributed by atoms with Crippen LogP contribution in [0.15, 0.2) is 0 Å². The quantitative estimate of drug-likeness (QED) is 0.728. The van der Waals surface area contributed by atoms with Crippen LogP contribution >= 0.6 is 0 Å². The number of likely N-dealkylation sites (tertiary alicyclic amines) is 1. The zero-order valence-electron chi connectivity index (χ0n) is 10.1. The van der Waals surface area contributed by atoms with Crippen LogP contribution in [-0.4, -0.2) is 37.1 Å². The summed E-state index contributed by atoms with van der Waals surface area (Å²) in [7, 11) is 0. The fourth-order valence-electron chi connectivity index (χ4n) is 2.46. The maximum atomic E-state index is 3.58. The molecule has 1 fully saturated rings. The highest BCUT2D eigenvalue weighted by Crippen LogP contribution is 2.16. The zero-order chi connectivity index (χ0) is 10.4. The van der Waals surface area contributed by atoms with Gasteiger partial charge in [0.2, 0.25) is 0 Å². The Hall–Kier alpha value is -0.0800. The standard InChI is InChI=1S/C12H26N2/c1-4-6-7-14-9-11(3)8-12(10-14)13-5-2/h11-13H,4-10H2,1-3H3. The third-order valence-electron chi connectivity index (χ3n) is 3.06. The van der Waals surface area contributed by atoms with Crippen molar-refractivity contribution in [1.82, 2.24) is 10.2 Å². The van der Waals surface area contributed by atoms with Gasteiger partial charge in [0.25, 0.3) is 0 Å². The van der Waals surface area contributed by atoms with Crippen molar-refractivity contribution < 1.29 is 0 Å². The monoisotopic (exact) mass is 198 g/mol. The Kier molecular flexibility index (Phi) is 5.49. The highest BCUT2D eigenvalue weighted by molar-refractivity contribution is 4.81. The molecule has 1 aliphatic heterocycles. The molecule has 1 N–H and O–H groups in total. The summed E-state index contributed by atoms with van der Waals surface area (Å²) in [4.78, 5) is 2.63. The molecule has 1 heterocycles. The fourth-order valence-corrected chi connectivity index (χ4v) is 2.46. The Morgan fingerprint density at radius 2 is 2.07 bits per heavy atom. The summed E-state index contributed by atoms with van der Waals surface area (Å²) in [6.07, 6.45) is 4.03. The lowest BCUT2D eigenvalue weighted by Crippen LogP contribution is -2.48. The molecule has 1 rings (SSSR count). The Balaban J connectivity index is 2.29. The minimum Gasteiger partial charge on any atom is -0.313 e. The van der Waals surface area contributed by atoms with Gasteiger partial charge in [-0.3, -0.25) is 0 Å². The first-order chi connectivity index (χ1) is 6.76. The molecule has 0 aliphatic carbocycles. The Labute approximate surface area is 89.1 Å². The molecule has 14 heavy (non-hydrogen) atoms. The van der Waals surface area contributed by atoms with E-state index in [4.69, 9.17) is 0 Å². The van der Waals surface area contributed by atoms with E-state index in [0.29, 0.717) is 0 Å². The van der Waals surface area contributed by atoms with Crippen LogP contribution in [0.4, 0.5) is 0 Å². The molecule has 1 aliphatic rings. The van der Waals surface area contributed by atoms with Crippen LogP contribution in [0.3, 0.4) is 0 Å². The normalized spacial score (nSPS) is 29.4. The smallest absolute Gasteiger partial charge is 0.0197 e. The van der Waals surface area contributed by atoms with Crippen molar-refractivity contribution in [2.75, 3.05) is 26.2 Å². The Morgan fingerprint density at radius 3 is 2.71 bits per heavy atom. The molecule has 0 amide bonds. The third kappa shape index (κ3) is 3.97. The SMILES string of the molecule is CCCCN1CC(C)CC(NCC)C1. The number of piperidine rings is 1. The number of hydrogen-bond acceptors (Lipinski definition) is 2. The predicted molar refractivity (Wildman–Crippen MR) is 62.6 cm³/mol. The van der Waals surface area contributed by atoms with E-state index in [9.17, 15) is 0 Å². The summed E-state index contributed by atoms with van der Waals surface area (Å²) in [6, 6.07) is 0.737. The van der Waals surface area contributed by atoms with E-state index in [1.54, 1.807) is 0 Å². The van der Waals surface area contributed by atoms with Crippen molar-refractivity contribution >= 4 is 0 Å². The lowest BCUT2D eigenvalue weighted by atomic mass is 9.96. The summed E-state index contributed by atoms with van der Waals surface area (Å²) < 4.78 is 0. The summed E-state index contributed by atoms with van der Waals surface area (Å²) in [5.74, 6) is 0.865. The van der Waals surface area contributed by atoms with E-state index in [1.807, 2.05) is 0 Å². The Bertz CT molecular complexity index is 147. The van der Waals surface area contributed by atoms with Gasteiger partial charge in [-0.25, -0.2) is 0 Å². The molecule has 0 radical (unpaired) electrons. The molecule has 0 aromatic rings. The molecular weight excluding hydrogens is 172 g/mol. The van der Waals surface area contributed by atoms with Gasteiger partial charge in [-0.2, -0.15) is 0 Å². The zero-order valence-corrected chi connectivity index (χ0v) is 10.1. The first kappa shape index (κ1) is 12.0. The number of hydrogen-bond donors (Lipinski definition) is 1. The second-order valence-corrected chi connectivity index (χ2v) is 4.71. The van der Waals surface area contributed by atoms with Crippen molar-refractivity contribution in [3.05, 3.63) is 0 Å². The molecule has 1 saturated heterocycles. The fraction of sp³-hybridized carbons (Fsp3) is 1.00. The van der Waals surface area contributed by atoms with Crippen LogP contribution in [0.5, 0.6) is 0 Å². The van der Waals surface area contributed by atoms with Crippen molar-refractivity contribution in [2.45, 2.75) is 46.1 Å². The Morgan fingerprint density at radius 1 is 1.29 bits per heavy atom. The summed E-state index contributed by atoms with van der Waals surface area (Å²) in [5, 5.41) is 3.58. The first-order valence-corrected chi connectivity index (χ1v) is 6.22. The molecule has 0 aromatic carbocycles. The highest BCUT2D eigenvalue weighted by Gasteiger charge is 2.23. The number of nitrogens with zero attached hydrogens (tertiary/aromatic N) is 1. The number of likely N-dealkylation sites (N-methyl/N-ethyl adjacent to an activating group) is 1. The molecular formula is C12H26N2. The van der Waals surface area contributed by atoms with Gasteiger partial charge in [-0.05, 0) is 31.8 Å². The largest absolute Gasteiger partial charge is 0.313 e. The molecule has 2 atom stereocenters. The molecule has 0 saturated carbocycles. The highest BCUT2D eigenvalue weighted by atomic mass is 15.2. The second kappa shape index (κ2) is 6.41. The lowest BCUT2D eigenvalue weighted by Gasteiger charge is -2.36. The van der Waals surface area contributed by atoms with E-state index in [0.717, 1.165) is 18.5 Å². The van der Waals surface area contributed by atoms with E-state index in [-0.39, 0.29) is 0 Å². The van der Waals surface area contributed by atoms with Crippen molar-refractivity contribution in [1.29, 1.82) is 0 Å². The average molecular weight is 198 g/mol. The summed E-state index contributed by atoms with van der Waals surface area (Å²) in [5.41, 5.74) is 0. The van der Waals surface area contributed by atoms with Gasteiger partial charge in [0.15, 0.2) is 0 Å². The van der Waals surface area contributed by atoms with E-state index in [1.165, 1.54) is 38.9 Å².